The van der Waals surface area contributed by atoms with Crippen LogP contribution < -0.4 is 59.1 Å². The van der Waals surface area contributed by atoms with Gasteiger partial charge in [0.05, 0.1) is 0 Å². The second-order valence-electron chi connectivity index (χ2n) is 4.27. The maximum absolute atomic E-state index is 10.6. The van der Waals surface area contributed by atoms with Gasteiger partial charge in [-0.1, -0.05) is 6.42 Å². The molecule has 1 heterocycles. The molecule has 1 saturated heterocycles. The molecule has 0 saturated carbocycles. The first-order chi connectivity index (χ1) is 7.61. The number of hydrogen-bond acceptors (Lipinski definition) is 3. The van der Waals surface area contributed by atoms with Crippen molar-refractivity contribution in [2.24, 2.45) is 5.92 Å². The smallest absolute Gasteiger partial charge is 1.00 e. The minimum absolute atomic E-state index is 0. The molecule has 7 heteroatoms. The first kappa shape index (κ1) is 21.2. The van der Waals surface area contributed by atoms with Crippen LogP contribution in [0, 0.1) is 5.92 Å². The summed E-state index contributed by atoms with van der Waals surface area (Å²) in [6.07, 6.45) is 4.52. The summed E-state index contributed by atoms with van der Waals surface area (Å²) in [5.74, 6) is -3.71. The molecule has 5 nitrogen and oxygen atoms in total. The van der Waals surface area contributed by atoms with Crippen LogP contribution in [0.2, 0.25) is 0 Å². The maximum atomic E-state index is 10.6. The molecule has 2 N–H and O–H groups in total. The van der Waals surface area contributed by atoms with Gasteiger partial charge in [0, 0.05) is 0 Å². The number of piperidine rings is 1. The first-order valence-corrected chi connectivity index (χ1v) is 5.79. The fourth-order valence-corrected chi connectivity index (χ4v) is 2.05. The van der Waals surface area contributed by atoms with E-state index in [1.165, 1.54) is 19.3 Å². The average Bonchev–Trinajstić information content (AvgIpc) is 2.24. The Morgan fingerprint density at radius 2 is 1.56 bits per heavy atom. The molecule has 0 aromatic carbocycles. The van der Waals surface area contributed by atoms with Crippen molar-refractivity contribution in [2.75, 3.05) is 19.6 Å². The number of carbonyl (C=O) groups is 2. The van der Waals surface area contributed by atoms with Crippen molar-refractivity contribution in [1.82, 2.24) is 4.90 Å². The molecule has 1 aliphatic rings. The first-order valence-electron chi connectivity index (χ1n) is 5.79. The molecule has 0 spiro atoms. The third-order valence-electron chi connectivity index (χ3n) is 3.01. The zero-order valence-electron chi connectivity index (χ0n) is 13.4. The standard InChI is InChI=1S/C11H19NO4.2Na.2H/c13-10(14)9(11(15)16)5-4-8-12-6-2-1-3-7-12;;;;/h9H,1-8H2,(H,13,14)(H,15,16);;;;/q;2*+1;2*-1. The Labute approximate surface area is 155 Å². The van der Waals surface area contributed by atoms with Gasteiger partial charge in [-0.3, -0.25) is 9.59 Å². The molecule has 0 aromatic heterocycles. The van der Waals surface area contributed by atoms with Crippen LogP contribution in [-0.4, -0.2) is 46.7 Å². The van der Waals surface area contributed by atoms with E-state index >= 15 is 0 Å². The summed E-state index contributed by atoms with van der Waals surface area (Å²) >= 11 is 0. The minimum atomic E-state index is -1.25. The van der Waals surface area contributed by atoms with Gasteiger partial charge in [0.15, 0.2) is 5.92 Å². The number of aliphatic carboxylic acids is 2. The van der Waals surface area contributed by atoms with Crippen LogP contribution in [0.5, 0.6) is 0 Å². The van der Waals surface area contributed by atoms with Crippen molar-refractivity contribution in [2.45, 2.75) is 32.1 Å². The molecule has 0 aromatic rings. The van der Waals surface area contributed by atoms with Gasteiger partial charge in [-0.15, -0.1) is 0 Å². The molecule has 0 atom stereocenters. The van der Waals surface area contributed by atoms with E-state index in [9.17, 15) is 9.59 Å². The number of hydrogen-bond donors (Lipinski definition) is 2. The number of carboxylic acid groups (broad SMARTS) is 2. The Morgan fingerprint density at radius 1 is 1.06 bits per heavy atom. The van der Waals surface area contributed by atoms with Crippen LogP contribution in [0.3, 0.4) is 0 Å². The number of rotatable bonds is 6. The summed E-state index contributed by atoms with van der Waals surface area (Å²) in [5.41, 5.74) is 0. The van der Waals surface area contributed by atoms with Crippen LogP contribution in [0.15, 0.2) is 0 Å². The Hall–Kier alpha value is 0.900. The summed E-state index contributed by atoms with van der Waals surface area (Å²) in [4.78, 5) is 23.5. The van der Waals surface area contributed by atoms with Gasteiger partial charge in [0.1, 0.15) is 0 Å². The average molecular weight is 277 g/mol. The SMILES string of the molecule is O=C(O)C(CCCN1CCCCC1)C(=O)O.[H-].[H-].[Na+].[Na+]. The van der Waals surface area contributed by atoms with E-state index in [0.29, 0.717) is 6.42 Å². The Kier molecular flexibility index (Phi) is 13.8. The molecule has 0 amide bonds. The van der Waals surface area contributed by atoms with Crippen LogP contribution in [0.4, 0.5) is 0 Å². The van der Waals surface area contributed by atoms with Crippen molar-refractivity contribution >= 4 is 11.9 Å². The van der Waals surface area contributed by atoms with Crippen molar-refractivity contribution in [3.8, 4) is 0 Å². The van der Waals surface area contributed by atoms with Crippen molar-refractivity contribution in [3.05, 3.63) is 0 Å². The van der Waals surface area contributed by atoms with E-state index in [-0.39, 0.29) is 68.4 Å². The van der Waals surface area contributed by atoms with Gasteiger partial charge in [-0.2, -0.15) is 0 Å². The summed E-state index contributed by atoms with van der Waals surface area (Å²) in [6.45, 7) is 2.94. The Balaban J connectivity index is -0.000000320. The van der Waals surface area contributed by atoms with Gasteiger partial charge in [-0.25, -0.2) is 0 Å². The Bertz CT molecular complexity index is 253. The van der Waals surface area contributed by atoms with Crippen molar-refractivity contribution in [3.63, 3.8) is 0 Å². The molecule has 0 aliphatic carbocycles. The second kappa shape index (κ2) is 11.7. The van der Waals surface area contributed by atoms with Gasteiger partial charge < -0.3 is 18.0 Å². The molecule has 0 radical (unpaired) electrons. The zero-order valence-corrected chi connectivity index (χ0v) is 15.4. The van der Waals surface area contributed by atoms with E-state index in [1.807, 2.05) is 0 Å². The quantitative estimate of drug-likeness (QED) is 0.377. The van der Waals surface area contributed by atoms with Crippen molar-refractivity contribution in [1.29, 1.82) is 0 Å². The maximum Gasteiger partial charge on any atom is 1.00 e. The summed E-state index contributed by atoms with van der Waals surface area (Å²) in [5, 5.41) is 17.4. The van der Waals surface area contributed by atoms with Gasteiger partial charge in [0.2, 0.25) is 0 Å². The Morgan fingerprint density at radius 3 is 2.00 bits per heavy atom. The molecule has 1 aliphatic heterocycles. The molecule has 0 bridgehead atoms. The third-order valence-corrected chi connectivity index (χ3v) is 3.01. The van der Waals surface area contributed by atoms with E-state index in [0.717, 1.165) is 19.6 Å². The van der Waals surface area contributed by atoms with Crippen LogP contribution in [-0.2, 0) is 9.59 Å². The molecular formula is C11H21NNa2O4. The second-order valence-corrected chi connectivity index (χ2v) is 4.27. The number of likely N-dealkylation sites (tertiary alicyclic amines) is 1. The van der Waals surface area contributed by atoms with Gasteiger partial charge >= 0.3 is 71.1 Å². The molecular weight excluding hydrogens is 256 g/mol. The number of carboxylic acids is 2. The normalized spacial score (nSPS) is 15.6. The predicted octanol–water partition coefficient (Wildman–Crippen LogP) is -4.73. The monoisotopic (exact) mass is 277 g/mol. The van der Waals surface area contributed by atoms with E-state index in [1.54, 1.807) is 0 Å². The molecule has 0 unspecified atom stereocenters. The topological polar surface area (TPSA) is 77.8 Å². The minimum Gasteiger partial charge on any atom is -1.00 e. The molecule has 18 heavy (non-hydrogen) atoms. The predicted molar refractivity (Wildman–Crippen MR) is 60.5 cm³/mol. The molecule has 1 rings (SSSR count). The van der Waals surface area contributed by atoms with Gasteiger partial charge in [0.25, 0.3) is 0 Å². The summed E-state index contributed by atoms with van der Waals surface area (Å²) in [7, 11) is 0. The summed E-state index contributed by atoms with van der Waals surface area (Å²) < 4.78 is 0. The van der Waals surface area contributed by atoms with E-state index in [4.69, 9.17) is 10.2 Å². The number of nitrogens with zero attached hydrogens (tertiary/aromatic N) is 1. The van der Waals surface area contributed by atoms with Crippen LogP contribution >= 0.6 is 0 Å². The molecule has 1 fully saturated rings. The largest absolute Gasteiger partial charge is 1.00 e. The van der Waals surface area contributed by atoms with E-state index < -0.39 is 17.9 Å². The van der Waals surface area contributed by atoms with Crippen LogP contribution in [0.1, 0.15) is 35.0 Å². The van der Waals surface area contributed by atoms with Crippen molar-refractivity contribution < 1.29 is 81.8 Å². The summed E-state index contributed by atoms with van der Waals surface area (Å²) in [6, 6.07) is 0. The van der Waals surface area contributed by atoms with Crippen LogP contribution in [0.25, 0.3) is 0 Å². The third kappa shape index (κ3) is 8.15. The fraction of sp³-hybridized carbons (Fsp3) is 0.818. The molecule has 96 valence electrons. The zero-order chi connectivity index (χ0) is 12.0. The fourth-order valence-electron chi connectivity index (χ4n) is 2.05. The van der Waals surface area contributed by atoms with Gasteiger partial charge in [-0.05, 0) is 45.3 Å². The van der Waals surface area contributed by atoms with E-state index in [2.05, 4.69) is 4.90 Å².